The van der Waals surface area contributed by atoms with E-state index in [9.17, 15) is 4.79 Å². The van der Waals surface area contributed by atoms with E-state index in [2.05, 4.69) is 48.6 Å². The fourth-order valence-electron chi connectivity index (χ4n) is 2.72. The maximum atomic E-state index is 13.0. The lowest BCUT2D eigenvalue weighted by Gasteiger charge is -2.13. The molecule has 0 aliphatic carbocycles. The number of nitrogens with zero attached hydrogens (tertiary/aromatic N) is 3. The molecule has 0 amide bonds. The van der Waals surface area contributed by atoms with Crippen molar-refractivity contribution < 1.29 is 4.74 Å². The fourth-order valence-corrected chi connectivity index (χ4v) is 3.75. The number of benzene rings is 2. The van der Waals surface area contributed by atoms with Gasteiger partial charge in [0.1, 0.15) is 11.6 Å². The second-order valence-corrected chi connectivity index (χ2v) is 9.08. The van der Waals surface area contributed by atoms with Crippen LogP contribution in [-0.4, -0.2) is 22.0 Å². The molecule has 0 radical (unpaired) electrons. The van der Waals surface area contributed by atoms with Gasteiger partial charge in [-0.1, -0.05) is 29.8 Å². The number of aromatic nitrogens is 2. The molecule has 5 nitrogen and oxygen atoms in total. The standard InChI is InChI=1S/C21H21BrIN3O2/c1-12(2)20-25-18-7-6-15(22)10-16(18)21(27)26(20)24-11-14-5-8-19(17(23)9-14)28-13(3)4/h5-13H,1-4H3. The van der Waals surface area contributed by atoms with E-state index in [1.54, 1.807) is 12.3 Å². The van der Waals surface area contributed by atoms with Gasteiger partial charge in [-0.15, -0.1) is 0 Å². The minimum Gasteiger partial charge on any atom is -0.490 e. The van der Waals surface area contributed by atoms with Crippen LogP contribution in [0.1, 0.15) is 45.0 Å². The fraction of sp³-hybridized carbons (Fsp3) is 0.286. The van der Waals surface area contributed by atoms with Gasteiger partial charge in [-0.2, -0.15) is 9.78 Å². The number of halogens is 2. The molecule has 1 heterocycles. The summed E-state index contributed by atoms with van der Waals surface area (Å²) in [7, 11) is 0. The molecule has 0 N–H and O–H groups in total. The maximum Gasteiger partial charge on any atom is 0.282 e. The van der Waals surface area contributed by atoms with Crippen LogP contribution < -0.4 is 10.3 Å². The summed E-state index contributed by atoms with van der Waals surface area (Å²) >= 11 is 5.66. The molecule has 0 aliphatic rings. The number of hydrogen-bond donors (Lipinski definition) is 0. The lowest BCUT2D eigenvalue weighted by atomic mass is 10.2. The van der Waals surface area contributed by atoms with Crippen LogP contribution in [0.2, 0.25) is 0 Å². The first-order valence-electron chi connectivity index (χ1n) is 8.99. The summed E-state index contributed by atoms with van der Waals surface area (Å²) in [5.41, 5.74) is 1.38. The zero-order chi connectivity index (χ0) is 20.4. The lowest BCUT2D eigenvalue weighted by Crippen LogP contribution is -2.23. The van der Waals surface area contributed by atoms with Gasteiger partial charge in [0.2, 0.25) is 0 Å². The van der Waals surface area contributed by atoms with E-state index in [0.29, 0.717) is 16.7 Å². The summed E-state index contributed by atoms with van der Waals surface area (Å²) in [5.74, 6) is 1.52. The van der Waals surface area contributed by atoms with E-state index in [4.69, 9.17) is 4.74 Å². The molecule has 0 spiro atoms. The monoisotopic (exact) mass is 553 g/mol. The minimum atomic E-state index is -0.180. The smallest absolute Gasteiger partial charge is 0.282 e. The van der Waals surface area contributed by atoms with E-state index in [1.165, 1.54) is 4.68 Å². The second kappa shape index (κ2) is 8.73. The zero-order valence-electron chi connectivity index (χ0n) is 16.1. The molecule has 0 aliphatic heterocycles. The van der Waals surface area contributed by atoms with Crippen LogP contribution in [0.15, 0.2) is 50.8 Å². The average molecular weight is 554 g/mol. The molecular weight excluding hydrogens is 533 g/mol. The number of ether oxygens (including phenoxy) is 1. The van der Waals surface area contributed by atoms with Crippen molar-refractivity contribution in [3.8, 4) is 5.75 Å². The van der Waals surface area contributed by atoms with Crippen LogP contribution in [0.5, 0.6) is 5.75 Å². The van der Waals surface area contributed by atoms with Crippen LogP contribution in [0.4, 0.5) is 0 Å². The number of hydrogen-bond acceptors (Lipinski definition) is 4. The largest absolute Gasteiger partial charge is 0.490 e. The van der Waals surface area contributed by atoms with Crippen molar-refractivity contribution in [3.05, 3.63) is 66.2 Å². The van der Waals surface area contributed by atoms with Crippen LogP contribution >= 0.6 is 38.5 Å². The Labute approximate surface area is 186 Å². The van der Waals surface area contributed by atoms with Crippen molar-refractivity contribution in [1.82, 2.24) is 9.66 Å². The van der Waals surface area contributed by atoms with Gasteiger partial charge in [0.25, 0.3) is 5.56 Å². The third kappa shape index (κ3) is 4.63. The Bertz CT molecular complexity index is 1110. The van der Waals surface area contributed by atoms with Gasteiger partial charge in [-0.05, 0) is 78.4 Å². The zero-order valence-corrected chi connectivity index (χ0v) is 19.9. The summed E-state index contributed by atoms with van der Waals surface area (Å²) in [5, 5.41) is 5.00. The van der Waals surface area contributed by atoms with Gasteiger partial charge in [-0.3, -0.25) is 4.79 Å². The topological polar surface area (TPSA) is 56.5 Å². The molecule has 0 saturated heterocycles. The predicted molar refractivity (Wildman–Crippen MR) is 126 cm³/mol. The highest BCUT2D eigenvalue weighted by atomic mass is 127. The van der Waals surface area contributed by atoms with Crippen molar-refractivity contribution in [2.45, 2.75) is 39.7 Å². The molecule has 146 valence electrons. The first-order valence-corrected chi connectivity index (χ1v) is 10.9. The number of rotatable bonds is 5. The molecular formula is C21H21BrIN3O2. The third-order valence-electron chi connectivity index (χ3n) is 3.99. The van der Waals surface area contributed by atoms with Gasteiger partial charge in [-0.25, -0.2) is 4.98 Å². The molecule has 2 aromatic carbocycles. The Morgan fingerprint density at radius 1 is 1.18 bits per heavy atom. The maximum absolute atomic E-state index is 13.0. The second-order valence-electron chi connectivity index (χ2n) is 7.00. The highest BCUT2D eigenvalue weighted by molar-refractivity contribution is 14.1. The summed E-state index contributed by atoms with van der Waals surface area (Å²) in [6.45, 7) is 7.99. The Hall–Kier alpha value is -1.74. The summed E-state index contributed by atoms with van der Waals surface area (Å²) in [4.78, 5) is 17.7. The molecule has 0 unspecified atom stereocenters. The van der Waals surface area contributed by atoms with E-state index >= 15 is 0 Å². The van der Waals surface area contributed by atoms with Crippen LogP contribution in [-0.2, 0) is 0 Å². The van der Waals surface area contributed by atoms with E-state index < -0.39 is 0 Å². The first-order chi connectivity index (χ1) is 13.3. The Kier molecular flexibility index (Phi) is 6.54. The molecule has 0 bridgehead atoms. The summed E-state index contributed by atoms with van der Waals surface area (Å²) in [6, 6.07) is 11.3. The Balaban J connectivity index is 2.06. The highest BCUT2D eigenvalue weighted by Gasteiger charge is 2.14. The minimum absolute atomic E-state index is 0.0554. The van der Waals surface area contributed by atoms with Crippen molar-refractivity contribution in [1.29, 1.82) is 0 Å². The quantitative estimate of drug-likeness (QED) is 0.307. The van der Waals surface area contributed by atoms with Crippen molar-refractivity contribution >= 4 is 55.6 Å². The van der Waals surface area contributed by atoms with E-state index in [1.807, 2.05) is 58.0 Å². The molecule has 28 heavy (non-hydrogen) atoms. The summed E-state index contributed by atoms with van der Waals surface area (Å²) < 4.78 is 8.99. The van der Waals surface area contributed by atoms with Gasteiger partial charge in [0, 0.05) is 10.4 Å². The summed E-state index contributed by atoms with van der Waals surface area (Å²) in [6.07, 6.45) is 1.79. The molecule has 3 rings (SSSR count). The molecule has 0 saturated carbocycles. The highest BCUT2D eigenvalue weighted by Crippen LogP contribution is 2.23. The van der Waals surface area contributed by atoms with Crippen LogP contribution in [0.25, 0.3) is 10.9 Å². The lowest BCUT2D eigenvalue weighted by molar-refractivity contribution is 0.240. The Morgan fingerprint density at radius 2 is 1.93 bits per heavy atom. The number of fused-ring (bicyclic) bond motifs is 1. The molecule has 3 aromatic rings. The SMILES string of the molecule is CC(C)Oc1ccc(C=Nn2c(C(C)C)nc3ccc(Br)cc3c2=O)cc1I. The van der Waals surface area contributed by atoms with E-state index in [0.717, 1.165) is 19.4 Å². The first kappa shape index (κ1) is 21.0. The average Bonchev–Trinajstić information content (AvgIpc) is 2.63. The van der Waals surface area contributed by atoms with Crippen molar-refractivity contribution in [2.75, 3.05) is 0 Å². The van der Waals surface area contributed by atoms with Gasteiger partial charge < -0.3 is 4.74 Å². The predicted octanol–water partition coefficient (Wildman–Crippen LogP) is 5.56. The van der Waals surface area contributed by atoms with Gasteiger partial charge in [0.15, 0.2) is 0 Å². The van der Waals surface area contributed by atoms with Crippen LogP contribution in [0, 0.1) is 3.57 Å². The normalized spacial score (nSPS) is 11.9. The molecule has 0 atom stereocenters. The van der Waals surface area contributed by atoms with Crippen molar-refractivity contribution in [3.63, 3.8) is 0 Å². The third-order valence-corrected chi connectivity index (χ3v) is 5.33. The van der Waals surface area contributed by atoms with Gasteiger partial charge in [0.05, 0.1) is 26.8 Å². The van der Waals surface area contributed by atoms with Crippen molar-refractivity contribution in [2.24, 2.45) is 5.10 Å². The van der Waals surface area contributed by atoms with Gasteiger partial charge >= 0.3 is 0 Å². The molecule has 1 aromatic heterocycles. The molecule has 0 fully saturated rings. The van der Waals surface area contributed by atoms with E-state index in [-0.39, 0.29) is 17.6 Å². The van der Waals surface area contributed by atoms with Crippen LogP contribution in [0.3, 0.4) is 0 Å². The molecule has 7 heteroatoms. The Morgan fingerprint density at radius 3 is 2.57 bits per heavy atom.